The quantitative estimate of drug-likeness (QED) is 0.442. The Bertz CT molecular complexity index is 1130. The van der Waals surface area contributed by atoms with Crippen molar-refractivity contribution >= 4 is 5.91 Å². The molecule has 3 aromatic rings. The zero-order chi connectivity index (χ0) is 23.9. The minimum absolute atomic E-state index is 0.000471. The van der Waals surface area contributed by atoms with Crippen molar-refractivity contribution in [3.05, 3.63) is 65.5 Å². The maximum absolute atomic E-state index is 14.0. The maximum atomic E-state index is 14.0. The molecule has 1 aliphatic rings. The molecule has 2 aromatic carbocycles. The number of rotatable bonds is 10. The summed E-state index contributed by atoms with van der Waals surface area (Å²) < 4.78 is 14.0. The summed E-state index contributed by atoms with van der Waals surface area (Å²) in [6.07, 6.45) is 3.97. The predicted octanol–water partition coefficient (Wildman–Crippen LogP) is 5.31. The Morgan fingerprint density at radius 2 is 1.79 bits per heavy atom. The Hall–Kier alpha value is -3.55. The average Bonchev–Trinajstić information content (AvgIpc) is 3.52. The molecule has 1 aromatic heterocycles. The normalized spacial score (nSPS) is 13.7. The van der Waals surface area contributed by atoms with E-state index in [2.05, 4.69) is 56.7 Å². The fraction of sp³-hybridized carbons (Fsp3) is 0.385. The molecule has 1 aliphatic heterocycles. The second-order valence-electron chi connectivity index (χ2n) is 8.53. The maximum Gasteiger partial charge on any atom is 0.228 e. The zero-order valence-corrected chi connectivity index (χ0v) is 19.8. The van der Waals surface area contributed by atoms with Gasteiger partial charge in [-0.25, -0.2) is 9.49 Å². The number of carbonyl (C=O) groups is 1. The van der Waals surface area contributed by atoms with Crippen molar-refractivity contribution in [2.24, 2.45) is 0 Å². The smallest absolute Gasteiger partial charge is 0.228 e. The Balaban J connectivity index is 1.56. The molecule has 0 unspecified atom stereocenters. The third kappa shape index (κ3) is 5.00. The highest BCUT2D eigenvalue weighted by Crippen LogP contribution is 2.32. The number of H-pyrrole nitrogens is 1. The van der Waals surface area contributed by atoms with E-state index in [0.29, 0.717) is 31.2 Å². The lowest BCUT2D eigenvalue weighted by molar-refractivity contribution is -0.130. The third-order valence-electron chi connectivity index (χ3n) is 6.18. The Labute approximate surface area is 199 Å². The first-order valence-electron chi connectivity index (χ1n) is 11.9. The van der Waals surface area contributed by atoms with Crippen molar-refractivity contribution < 1.29 is 9.18 Å². The number of hydrogen-bond donors (Lipinski definition) is 1. The summed E-state index contributed by atoms with van der Waals surface area (Å²) in [5, 5.41) is 14.3. The van der Waals surface area contributed by atoms with Gasteiger partial charge in [0.15, 0.2) is 5.82 Å². The van der Waals surface area contributed by atoms with Crippen LogP contribution in [0, 0.1) is 0 Å². The summed E-state index contributed by atoms with van der Waals surface area (Å²) in [7, 11) is 0. The van der Waals surface area contributed by atoms with E-state index in [4.69, 9.17) is 0 Å². The molecule has 0 radical (unpaired) electrons. The number of aromatic nitrogens is 4. The standard InChI is InChI=1S/C26H31FN6O/c1-3-5-11-23-24(16-27)33(25(34)8-4-2)18-32(23)17-19-12-14-20(15-13-19)21-9-6-7-10-22(21)26-28-30-31-29-26/h6-7,9-10,12-15H,3-5,8,11,16-18H2,1-2H3,(H,28,29,30,31). The van der Waals surface area contributed by atoms with Gasteiger partial charge in [0.1, 0.15) is 6.67 Å². The first-order chi connectivity index (χ1) is 16.7. The Kier molecular flexibility index (Phi) is 7.67. The molecule has 8 heteroatoms. The topological polar surface area (TPSA) is 78.0 Å². The van der Waals surface area contributed by atoms with Crippen LogP contribution in [0.1, 0.15) is 51.5 Å². The lowest BCUT2D eigenvalue weighted by Gasteiger charge is -2.23. The van der Waals surface area contributed by atoms with E-state index in [1.165, 1.54) is 0 Å². The fourth-order valence-electron chi connectivity index (χ4n) is 4.42. The van der Waals surface area contributed by atoms with Crippen molar-refractivity contribution in [3.8, 4) is 22.5 Å². The van der Waals surface area contributed by atoms with Crippen LogP contribution in [0.2, 0.25) is 0 Å². The van der Waals surface area contributed by atoms with Crippen LogP contribution in [0.25, 0.3) is 22.5 Å². The molecule has 0 saturated heterocycles. The summed E-state index contributed by atoms with van der Waals surface area (Å²) in [4.78, 5) is 16.4. The number of tetrazole rings is 1. The molecule has 0 saturated carbocycles. The van der Waals surface area contributed by atoms with Gasteiger partial charge in [-0.05, 0) is 46.4 Å². The first-order valence-corrected chi connectivity index (χ1v) is 11.9. The highest BCUT2D eigenvalue weighted by molar-refractivity contribution is 5.80. The van der Waals surface area contributed by atoms with Gasteiger partial charge >= 0.3 is 0 Å². The van der Waals surface area contributed by atoms with Crippen LogP contribution in [0.3, 0.4) is 0 Å². The number of hydrogen-bond acceptors (Lipinski definition) is 5. The molecule has 178 valence electrons. The Morgan fingerprint density at radius 3 is 2.44 bits per heavy atom. The van der Waals surface area contributed by atoms with E-state index >= 15 is 0 Å². The number of nitrogens with zero attached hydrogens (tertiary/aromatic N) is 5. The summed E-state index contributed by atoms with van der Waals surface area (Å²) in [6, 6.07) is 16.3. The Morgan fingerprint density at radius 1 is 1.03 bits per heavy atom. The number of amides is 1. The van der Waals surface area contributed by atoms with Crippen LogP contribution in [-0.2, 0) is 11.3 Å². The number of alkyl halides is 1. The van der Waals surface area contributed by atoms with E-state index in [0.717, 1.165) is 53.6 Å². The second-order valence-corrected chi connectivity index (χ2v) is 8.53. The van der Waals surface area contributed by atoms with Gasteiger partial charge in [-0.1, -0.05) is 68.8 Å². The summed E-state index contributed by atoms with van der Waals surface area (Å²) in [6.45, 7) is 4.53. The van der Waals surface area contributed by atoms with E-state index in [-0.39, 0.29) is 5.91 Å². The van der Waals surface area contributed by atoms with E-state index in [1.54, 1.807) is 4.90 Å². The molecular formula is C26H31FN6O. The summed E-state index contributed by atoms with van der Waals surface area (Å²) >= 11 is 0. The van der Waals surface area contributed by atoms with Crippen LogP contribution in [0.4, 0.5) is 4.39 Å². The van der Waals surface area contributed by atoms with E-state index < -0.39 is 6.67 Å². The zero-order valence-electron chi connectivity index (χ0n) is 19.8. The predicted molar refractivity (Wildman–Crippen MR) is 130 cm³/mol. The van der Waals surface area contributed by atoms with Crippen molar-refractivity contribution in [1.82, 2.24) is 30.4 Å². The lowest BCUT2D eigenvalue weighted by atomic mass is 9.98. The van der Waals surface area contributed by atoms with Crippen molar-refractivity contribution in [2.45, 2.75) is 52.5 Å². The van der Waals surface area contributed by atoms with Gasteiger partial charge in [0, 0.05) is 24.2 Å². The minimum atomic E-state index is -0.614. The molecule has 2 heterocycles. The molecule has 0 atom stereocenters. The SMILES string of the molecule is CCCCC1=C(CF)N(C(=O)CCC)CN1Cc1ccc(-c2ccccc2-c2nnn[nH]2)cc1. The van der Waals surface area contributed by atoms with Crippen molar-refractivity contribution in [1.29, 1.82) is 0 Å². The first kappa shape index (κ1) is 23.6. The van der Waals surface area contributed by atoms with Crippen LogP contribution < -0.4 is 0 Å². The van der Waals surface area contributed by atoms with Gasteiger partial charge in [-0.3, -0.25) is 9.69 Å². The molecule has 1 N–H and O–H groups in total. The monoisotopic (exact) mass is 462 g/mol. The van der Waals surface area contributed by atoms with Gasteiger partial charge in [0.05, 0.1) is 12.4 Å². The number of allylic oxidation sites excluding steroid dienone is 2. The van der Waals surface area contributed by atoms with Gasteiger partial charge in [0.25, 0.3) is 0 Å². The molecule has 7 nitrogen and oxygen atoms in total. The van der Waals surface area contributed by atoms with Crippen LogP contribution in [0.15, 0.2) is 59.9 Å². The number of benzene rings is 2. The molecule has 0 aliphatic carbocycles. The molecular weight excluding hydrogens is 431 g/mol. The van der Waals surface area contributed by atoms with Crippen molar-refractivity contribution in [3.63, 3.8) is 0 Å². The van der Waals surface area contributed by atoms with Crippen LogP contribution in [-0.4, -0.2) is 49.7 Å². The van der Waals surface area contributed by atoms with Crippen molar-refractivity contribution in [2.75, 3.05) is 13.3 Å². The molecule has 0 bridgehead atoms. The molecule has 4 rings (SSSR count). The van der Waals surface area contributed by atoms with Gasteiger partial charge in [0.2, 0.25) is 5.91 Å². The van der Waals surface area contributed by atoms with Gasteiger partial charge in [-0.15, -0.1) is 5.10 Å². The molecule has 0 spiro atoms. The minimum Gasteiger partial charge on any atom is -0.351 e. The lowest BCUT2D eigenvalue weighted by Crippen LogP contribution is -2.33. The number of carbonyl (C=O) groups excluding carboxylic acids is 1. The number of halogens is 1. The fourth-order valence-corrected chi connectivity index (χ4v) is 4.42. The largest absolute Gasteiger partial charge is 0.351 e. The molecule has 34 heavy (non-hydrogen) atoms. The van der Waals surface area contributed by atoms with Crippen LogP contribution in [0.5, 0.6) is 0 Å². The molecule has 1 amide bonds. The highest BCUT2D eigenvalue weighted by atomic mass is 19.1. The molecule has 0 fully saturated rings. The average molecular weight is 463 g/mol. The number of aromatic amines is 1. The van der Waals surface area contributed by atoms with E-state index in [1.807, 2.05) is 31.2 Å². The van der Waals surface area contributed by atoms with Gasteiger partial charge in [-0.2, -0.15) is 0 Å². The number of unbranched alkanes of at least 4 members (excludes halogenated alkanes) is 1. The second kappa shape index (κ2) is 11.0. The van der Waals surface area contributed by atoms with E-state index in [9.17, 15) is 9.18 Å². The summed E-state index contributed by atoms with van der Waals surface area (Å²) in [5.74, 6) is 0.624. The number of nitrogens with one attached hydrogen (secondary N) is 1. The third-order valence-corrected chi connectivity index (χ3v) is 6.18. The van der Waals surface area contributed by atoms with Gasteiger partial charge < -0.3 is 4.90 Å². The summed E-state index contributed by atoms with van der Waals surface area (Å²) in [5.41, 5.74) is 5.64. The van der Waals surface area contributed by atoms with Crippen LogP contribution >= 0.6 is 0 Å². The highest BCUT2D eigenvalue weighted by Gasteiger charge is 2.31.